The molecule has 0 spiro atoms. The highest BCUT2D eigenvalue weighted by Crippen LogP contribution is 2.32. The Hall–Kier alpha value is -4.03. The lowest BCUT2D eigenvalue weighted by Gasteiger charge is -2.35. The van der Waals surface area contributed by atoms with Crippen LogP contribution in [0.2, 0.25) is 0 Å². The van der Waals surface area contributed by atoms with Crippen LogP contribution in [0.4, 0.5) is 5.82 Å². The average Bonchev–Trinajstić information content (AvgIpc) is 3.00. The van der Waals surface area contributed by atoms with E-state index in [1.165, 1.54) is 24.6 Å². The minimum atomic E-state index is -3.83. The number of hydrogen-bond acceptors (Lipinski definition) is 9. The zero-order chi connectivity index (χ0) is 28.7. The zero-order valence-corrected chi connectivity index (χ0v) is 23.9. The van der Waals surface area contributed by atoms with Crippen LogP contribution in [-0.2, 0) is 16.4 Å². The standard InChI is InChI=1S/C28H34N4O7S/c1-36-21-8-10-24(38-3)26(19-21)40(34,35)32-16-14-31(15-17-32)27-22(6-5-12-29-27)28(33)30-13-11-20-7-9-23(37-2)25(18-20)39-4/h5-10,12,18-19H,11,13-17H2,1-4H3,(H,30,33). The maximum Gasteiger partial charge on any atom is 0.255 e. The number of benzene rings is 2. The molecule has 12 heteroatoms. The molecule has 0 radical (unpaired) electrons. The van der Waals surface area contributed by atoms with Crippen LogP contribution in [0.3, 0.4) is 0 Å². The van der Waals surface area contributed by atoms with Crippen molar-refractivity contribution in [1.29, 1.82) is 0 Å². The van der Waals surface area contributed by atoms with Gasteiger partial charge in [-0.1, -0.05) is 6.07 Å². The van der Waals surface area contributed by atoms with Crippen LogP contribution in [0.1, 0.15) is 15.9 Å². The van der Waals surface area contributed by atoms with Crippen molar-refractivity contribution in [2.75, 3.05) is 66.1 Å². The summed E-state index contributed by atoms with van der Waals surface area (Å²) in [6, 6.07) is 13.8. The fourth-order valence-electron chi connectivity index (χ4n) is 4.54. The highest BCUT2D eigenvalue weighted by molar-refractivity contribution is 7.89. The van der Waals surface area contributed by atoms with Crippen LogP contribution in [-0.4, -0.2) is 84.8 Å². The molecule has 0 unspecified atom stereocenters. The largest absolute Gasteiger partial charge is 0.497 e. The molecule has 4 rings (SSSR count). The molecule has 1 saturated heterocycles. The predicted octanol–water partition coefficient (Wildman–Crippen LogP) is 2.60. The first-order chi connectivity index (χ1) is 19.3. The molecular weight excluding hydrogens is 536 g/mol. The number of hydrogen-bond donors (Lipinski definition) is 1. The Morgan fingerprint density at radius 1 is 0.875 bits per heavy atom. The van der Waals surface area contributed by atoms with E-state index < -0.39 is 10.0 Å². The number of ether oxygens (including phenoxy) is 4. The van der Waals surface area contributed by atoms with Gasteiger partial charge in [0.15, 0.2) is 11.5 Å². The fourth-order valence-corrected chi connectivity index (χ4v) is 6.14. The Morgan fingerprint density at radius 2 is 1.57 bits per heavy atom. The van der Waals surface area contributed by atoms with Gasteiger partial charge in [0.25, 0.3) is 5.91 Å². The maximum atomic E-state index is 13.4. The van der Waals surface area contributed by atoms with Gasteiger partial charge in [-0.2, -0.15) is 4.31 Å². The van der Waals surface area contributed by atoms with Crippen LogP contribution in [0, 0.1) is 0 Å². The molecule has 214 valence electrons. The summed E-state index contributed by atoms with van der Waals surface area (Å²) < 4.78 is 49.4. The number of piperazine rings is 1. The first-order valence-corrected chi connectivity index (χ1v) is 14.2. The fraction of sp³-hybridized carbons (Fsp3) is 0.357. The second-order valence-electron chi connectivity index (χ2n) is 8.98. The van der Waals surface area contributed by atoms with E-state index in [4.69, 9.17) is 18.9 Å². The topological polar surface area (TPSA) is 120 Å². The van der Waals surface area contributed by atoms with E-state index in [0.29, 0.717) is 54.7 Å². The van der Waals surface area contributed by atoms with Gasteiger partial charge in [-0.3, -0.25) is 4.79 Å². The van der Waals surface area contributed by atoms with Gasteiger partial charge in [-0.05, 0) is 48.4 Å². The number of anilines is 1. The summed E-state index contributed by atoms with van der Waals surface area (Å²) in [6.07, 6.45) is 2.23. The van der Waals surface area contributed by atoms with E-state index in [9.17, 15) is 13.2 Å². The molecule has 1 N–H and O–H groups in total. The summed E-state index contributed by atoms with van der Waals surface area (Å²) in [5, 5.41) is 2.96. The van der Waals surface area contributed by atoms with Gasteiger partial charge in [0.05, 0.1) is 34.0 Å². The minimum absolute atomic E-state index is 0.0511. The van der Waals surface area contributed by atoms with Crippen molar-refractivity contribution < 1.29 is 32.2 Å². The van der Waals surface area contributed by atoms with Crippen molar-refractivity contribution in [3.8, 4) is 23.0 Å². The van der Waals surface area contributed by atoms with E-state index in [-0.39, 0.29) is 29.6 Å². The molecule has 1 aromatic heterocycles. The number of carbonyl (C=O) groups is 1. The lowest BCUT2D eigenvalue weighted by Crippen LogP contribution is -2.49. The highest BCUT2D eigenvalue weighted by atomic mass is 32.2. The summed E-state index contributed by atoms with van der Waals surface area (Å²) in [4.78, 5) is 19.5. The quantitative estimate of drug-likeness (QED) is 0.371. The number of aromatic nitrogens is 1. The van der Waals surface area contributed by atoms with E-state index in [0.717, 1.165) is 5.56 Å². The molecule has 0 saturated carbocycles. The second kappa shape index (κ2) is 12.9. The number of nitrogens with zero attached hydrogens (tertiary/aromatic N) is 3. The lowest BCUT2D eigenvalue weighted by atomic mass is 10.1. The lowest BCUT2D eigenvalue weighted by molar-refractivity contribution is 0.0954. The third-order valence-electron chi connectivity index (χ3n) is 6.71. The number of amides is 1. The number of carbonyl (C=O) groups excluding carboxylic acids is 1. The molecule has 11 nitrogen and oxygen atoms in total. The van der Waals surface area contributed by atoms with Crippen molar-refractivity contribution in [1.82, 2.24) is 14.6 Å². The van der Waals surface area contributed by atoms with Crippen LogP contribution in [0.15, 0.2) is 59.6 Å². The summed E-state index contributed by atoms with van der Waals surface area (Å²) in [5.41, 5.74) is 1.43. The van der Waals surface area contributed by atoms with Crippen molar-refractivity contribution in [3.05, 3.63) is 65.9 Å². The van der Waals surface area contributed by atoms with Crippen molar-refractivity contribution >= 4 is 21.7 Å². The van der Waals surface area contributed by atoms with Gasteiger partial charge in [0.2, 0.25) is 10.0 Å². The SMILES string of the molecule is COc1ccc(OC)c(S(=O)(=O)N2CCN(c3ncccc3C(=O)NCCc3ccc(OC)c(OC)c3)CC2)c1. The van der Waals surface area contributed by atoms with Gasteiger partial charge in [0.1, 0.15) is 22.2 Å². The van der Waals surface area contributed by atoms with Gasteiger partial charge in [-0.15, -0.1) is 0 Å². The van der Waals surface area contributed by atoms with E-state index in [2.05, 4.69) is 10.3 Å². The molecule has 0 aliphatic carbocycles. The van der Waals surface area contributed by atoms with E-state index >= 15 is 0 Å². The molecule has 1 amide bonds. The number of nitrogens with one attached hydrogen (secondary N) is 1. The van der Waals surface area contributed by atoms with Crippen LogP contribution in [0.5, 0.6) is 23.0 Å². The Balaban J connectivity index is 1.41. The molecule has 0 atom stereocenters. The average molecular weight is 571 g/mol. The predicted molar refractivity (Wildman–Crippen MR) is 150 cm³/mol. The molecule has 2 heterocycles. The van der Waals surface area contributed by atoms with Crippen molar-refractivity contribution in [3.63, 3.8) is 0 Å². The third kappa shape index (κ3) is 6.23. The normalized spacial score (nSPS) is 13.9. The van der Waals surface area contributed by atoms with E-state index in [1.807, 2.05) is 23.1 Å². The van der Waals surface area contributed by atoms with Gasteiger partial charge >= 0.3 is 0 Å². The molecule has 1 aliphatic rings. The number of methoxy groups -OCH3 is 4. The molecule has 2 aromatic carbocycles. The Labute approximate surface area is 234 Å². The number of sulfonamides is 1. The summed E-state index contributed by atoms with van der Waals surface area (Å²) >= 11 is 0. The smallest absolute Gasteiger partial charge is 0.255 e. The monoisotopic (exact) mass is 570 g/mol. The van der Waals surface area contributed by atoms with Gasteiger partial charge in [0, 0.05) is 45.0 Å². The maximum absolute atomic E-state index is 13.4. The Bertz CT molecular complexity index is 1440. The molecule has 1 aliphatic heterocycles. The van der Waals surface area contributed by atoms with E-state index in [1.54, 1.807) is 44.7 Å². The van der Waals surface area contributed by atoms with Crippen molar-refractivity contribution in [2.24, 2.45) is 0 Å². The highest BCUT2D eigenvalue weighted by Gasteiger charge is 2.32. The van der Waals surface area contributed by atoms with Gasteiger partial charge < -0.3 is 29.2 Å². The van der Waals surface area contributed by atoms with Gasteiger partial charge in [-0.25, -0.2) is 13.4 Å². The minimum Gasteiger partial charge on any atom is -0.497 e. The second-order valence-corrected chi connectivity index (χ2v) is 10.9. The first kappa shape index (κ1) is 29.0. The number of rotatable bonds is 11. The Morgan fingerprint density at radius 3 is 2.25 bits per heavy atom. The van der Waals surface area contributed by atoms with Crippen LogP contribution in [0.25, 0.3) is 0 Å². The number of pyridine rings is 1. The molecule has 3 aromatic rings. The third-order valence-corrected chi connectivity index (χ3v) is 8.63. The summed E-state index contributed by atoms with van der Waals surface area (Å²) in [6.45, 7) is 1.60. The van der Waals surface area contributed by atoms with Crippen LogP contribution < -0.4 is 29.2 Å². The molecule has 0 bridgehead atoms. The summed E-state index contributed by atoms with van der Waals surface area (Å²) in [5.74, 6) is 2.22. The van der Waals surface area contributed by atoms with Crippen molar-refractivity contribution in [2.45, 2.75) is 11.3 Å². The molecule has 1 fully saturated rings. The van der Waals surface area contributed by atoms with Crippen LogP contribution >= 0.6 is 0 Å². The summed E-state index contributed by atoms with van der Waals surface area (Å²) in [7, 11) is 2.24. The zero-order valence-electron chi connectivity index (χ0n) is 23.0. The Kier molecular flexibility index (Phi) is 9.33. The molecule has 40 heavy (non-hydrogen) atoms. The first-order valence-electron chi connectivity index (χ1n) is 12.7. The molecular formula is C28H34N4O7S.